The Morgan fingerprint density at radius 1 is 1.25 bits per heavy atom. The van der Waals surface area contributed by atoms with Gasteiger partial charge in [0.25, 0.3) is 0 Å². The van der Waals surface area contributed by atoms with Gasteiger partial charge in [0.15, 0.2) is 0 Å². The number of nitrogens with zero attached hydrogens (tertiary/aromatic N) is 2. The van der Waals surface area contributed by atoms with E-state index in [4.69, 9.17) is 20.2 Å². The molecule has 0 radical (unpaired) electrons. The number of anilines is 1. The minimum absolute atomic E-state index is 0.439. The summed E-state index contributed by atoms with van der Waals surface area (Å²) in [5, 5.41) is 0.868. The first kappa shape index (κ1) is 18.7. The summed E-state index contributed by atoms with van der Waals surface area (Å²) in [7, 11) is 0. The van der Waals surface area contributed by atoms with E-state index in [-0.39, 0.29) is 0 Å². The lowest BCUT2D eigenvalue weighted by Gasteiger charge is -2.30. The van der Waals surface area contributed by atoms with Gasteiger partial charge in [-0.05, 0) is 42.8 Å². The van der Waals surface area contributed by atoms with Crippen molar-refractivity contribution in [3.05, 3.63) is 42.0 Å². The summed E-state index contributed by atoms with van der Waals surface area (Å²) in [6, 6.07) is 11.5. The number of amides is 1. The van der Waals surface area contributed by atoms with E-state index < -0.39 is 5.91 Å². The molecule has 1 saturated heterocycles. The summed E-state index contributed by atoms with van der Waals surface area (Å²) >= 11 is 1.60. The van der Waals surface area contributed by atoms with Gasteiger partial charge >= 0.3 is 0 Å². The van der Waals surface area contributed by atoms with Crippen LogP contribution in [0.1, 0.15) is 23.7 Å². The number of hydrogen-bond acceptors (Lipinski definition) is 6. The zero-order valence-electron chi connectivity index (χ0n) is 15.8. The maximum atomic E-state index is 11.7. The van der Waals surface area contributed by atoms with Crippen LogP contribution >= 0.6 is 11.3 Å². The van der Waals surface area contributed by atoms with E-state index in [2.05, 4.69) is 11.8 Å². The van der Waals surface area contributed by atoms with Crippen LogP contribution in [0.2, 0.25) is 0 Å². The first-order chi connectivity index (χ1) is 13.7. The Morgan fingerprint density at radius 3 is 2.82 bits per heavy atom. The van der Waals surface area contributed by atoms with E-state index in [0.717, 1.165) is 51.7 Å². The number of aromatic nitrogens is 1. The van der Waals surface area contributed by atoms with Crippen LogP contribution in [0.3, 0.4) is 0 Å². The molecule has 0 bridgehead atoms. The van der Waals surface area contributed by atoms with Gasteiger partial charge in [-0.25, -0.2) is 4.98 Å². The molecule has 0 spiro atoms. The molecule has 7 heteroatoms. The highest BCUT2D eigenvalue weighted by molar-refractivity contribution is 7.21. The molecule has 2 aromatic carbocycles. The minimum Gasteiger partial charge on any atom is -0.494 e. The average molecular weight is 398 g/mol. The van der Waals surface area contributed by atoms with Crippen molar-refractivity contribution in [3.63, 3.8) is 0 Å². The van der Waals surface area contributed by atoms with Gasteiger partial charge in [0.2, 0.25) is 5.91 Å². The number of morpholine rings is 1. The molecule has 4 rings (SSSR count). The maximum Gasteiger partial charge on any atom is 0.248 e. The Kier molecular flexibility index (Phi) is 5.45. The fourth-order valence-corrected chi connectivity index (χ4v) is 4.29. The summed E-state index contributed by atoms with van der Waals surface area (Å²) in [6.07, 6.45) is 0.967. The standard InChI is InChI=1S/C21H23N3O3S/c1-2-9-27-15-4-5-17-19(13-15)28-21(23-17)16-12-14(20(22)25)3-6-18(16)24-7-10-26-11-8-24/h3-6,12-13H,2,7-11H2,1H3,(H2,22,25). The summed E-state index contributed by atoms with van der Waals surface area (Å²) < 4.78 is 12.3. The van der Waals surface area contributed by atoms with E-state index in [9.17, 15) is 4.79 Å². The number of thiazole rings is 1. The molecule has 0 aliphatic carbocycles. The van der Waals surface area contributed by atoms with Gasteiger partial charge in [-0.2, -0.15) is 0 Å². The Labute approximate surface area is 167 Å². The molecule has 1 aliphatic heterocycles. The quantitative estimate of drug-likeness (QED) is 0.686. The summed E-state index contributed by atoms with van der Waals surface area (Å²) in [5.41, 5.74) is 8.90. The van der Waals surface area contributed by atoms with Crippen LogP contribution in [0.25, 0.3) is 20.8 Å². The first-order valence-corrected chi connectivity index (χ1v) is 10.3. The van der Waals surface area contributed by atoms with Gasteiger partial charge in [-0.15, -0.1) is 11.3 Å². The Balaban J connectivity index is 1.77. The third-order valence-electron chi connectivity index (χ3n) is 4.70. The van der Waals surface area contributed by atoms with Crippen molar-refractivity contribution in [3.8, 4) is 16.3 Å². The van der Waals surface area contributed by atoms with Crippen molar-refractivity contribution in [2.24, 2.45) is 5.73 Å². The maximum absolute atomic E-state index is 11.7. The number of hydrogen-bond donors (Lipinski definition) is 1. The minimum atomic E-state index is -0.439. The largest absolute Gasteiger partial charge is 0.494 e. The molecule has 6 nitrogen and oxygen atoms in total. The molecule has 0 unspecified atom stereocenters. The fourth-order valence-electron chi connectivity index (χ4n) is 3.27. The highest BCUT2D eigenvalue weighted by atomic mass is 32.1. The van der Waals surface area contributed by atoms with Gasteiger partial charge in [0.1, 0.15) is 10.8 Å². The third kappa shape index (κ3) is 3.81. The van der Waals surface area contributed by atoms with Crippen molar-refractivity contribution in [1.82, 2.24) is 4.98 Å². The number of nitrogens with two attached hydrogens (primary N) is 1. The van der Waals surface area contributed by atoms with Crippen LogP contribution < -0.4 is 15.4 Å². The van der Waals surface area contributed by atoms with E-state index in [1.54, 1.807) is 17.4 Å². The van der Waals surface area contributed by atoms with Crippen LogP contribution in [-0.4, -0.2) is 43.8 Å². The van der Waals surface area contributed by atoms with E-state index >= 15 is 0 Å². The topological polar surface area (TPSA) is 77.7 Å². The van der Waals surface area contributed by atoms with E-state index in [1.165, 1.54) is 0 Å². The normalized spacial score (nSPS) is 14.4. The third-order valence-corrected chi connectivity index (χ3v) is 5.75. The molecular weight excluding hydrogens is 374 g/mol. The number of primary amides is 1. The number of carbonyl (C=O) groups is 1. The lowest BCUT2D eigenvalue weighted by Crippen LogP contribution is -2.36. The van der Waals surface area contributed by atoms with Gasteiger partial charge in [-0.3, -0.25) is 4.79 Å². The molecule has 2 heterocycles. The number of carbonyl (C=O) groups excluding carboxylic acids is 1. The monoisotopic (exact) mass is 397 g/mol. The Hall–Kier alpha value is -2.64. The van der Waals surface area contributed by atoms with Crippen molar-refractivity contribution >= 4 is 33.1 Å². The van der Waals surface area contributed by atoms with Gasteiger partial charge in [0, 0.05) is 29.9 Å². The lowest BCUT2D eigenvalue weighted by atomic mass is 10.1. The fraction of sp³-hybridized carbons (Fsp3) is 0.333. The molecule has 2 N–H and O–H groups in total. The summed E-state index contributed by atoms with van der Waals surface area (Å²) in [4.78, 5) is 18.8. The zero-order chi connectivity index (χ0) is 19.5. The second kappa shape index (κ2) is 8.16. The number of rotatable bonds is 6. The predicted octanol–water partition coefficient (Wildman–Crippen LogP) is 3.69. The number of ether oxygens (including phenoxy) is 2. The molecule has 0 atom stereocenters. The summed E-state index contributed by atoms with van der Waals surface area (Å²) in [6.45, 7) is 5.77. The van der Waals surface area contributed by atoms with Crippen molar-refractivity contribution < 1.29 is 14.3 Å². The molecule has 1 amide bonds. The smallest absolute Gasteiger partial charge is 0.248 e. The molecule has 1 fully saturated rings. The molecule has 0 saturated carbocycles. The van der Waals surface area contributed by atoms with E-state index in [0.29, 0.717) is 25.4 Å². The molecule has 28 heavy (non-hydrogen) atoms. The number of benzene rings is 2. The predicted molar refractivity (Wildman–Crippen MR) is 112 cm³/mol. The van der Waals surface area contributed by atoms with Crippen molar-refractivity contribution in [1.29, 1.82) is 0 Å². The van der Waals surface area contributed by atoms with Crippen LogP contribution in [0.5, 0.6) is 5.75 Å². The highest BCUT2D eigenvalue weighted by Gasteiger charge is 2.19. The zero-order valence-corrected chi connectivity index (χ0v) is 16.6. The number of fused-ring (bicyclic) bond motifs is 1. The highest BCUT2D eigenvalue weighted by Crippen LogP contribution is 2.38. The van der Waals surface area contributed by atoms with Gasteiger partial charge in [-0.1, -0.05) is 6.92 Å². The molecule has 146 valence electrons. The lowest BCUT2D eigenvalue weighted by molar-refractivity contribution is 0.1000. The van der Waals surface area contributed by atoms with Crippen molar-refractivity contribution in [2.75, 3.05) is 37.8 Å². The van der Waals surface area contributed by atoms with Gasteiger partial charge < -0.3 is 20.1 Å². The molecule has 1 aliphatic rings. The Bertz CT molecular complexity index is 996. The second-order valence-corrected chi connectivity index (χ2v) is 7.72. The average Bonchev–Trinajstić information content (AvgIpc) is 3.15. The first-order valence-electron chi connectivity index (χ1n) is 9.46. The van der Waals surface area contributed by atoms with Gasteiger partial charge in [0.05, 0.1) is 30.0 Å². The molecule has 1 aromatic heterocycles. The molecular formula is C21H23N3O3S. The van der Waals surface area contributed by atoms with Crippen LogP contribution in [0.15, 0.2) is 36.4 Å². The Morgan fingerprint density at radius 2 is 2.07 bits per heavy atom. The molecule has 3 aromatic rings. The van der Waals surface area contributed by atoms with Crippen LogP contribution in [-0.2, 0) is 4.74 Å². The summed E-state index contributed by atoms with van der Waals surface area (Å²) in [5.74, 6) is 0.412. The SMILES string of the molecule is CCCOc1ccc2nc(-c3cc(C(N)=O)ccc3N3CCOCC3)sc2c1. The second-order valence-electron chi connectivity index (χ2n) is 6.69. The van der Waals surface area contributed by atoms with Crippen LogP contribution in [0.4, 0.5) is 5.69 Å². The van der Waals surface area contributed by atoms with Crippen LogP contribution in [0, 0.1) is 0 Å². The van der Waals surface area contributed by atoms with E-state index in [1.807, 2.05) is 30.3 Å². The van der Waals surface area contributed by atoms with Crippen molar-refractivity contribution in [2.45, 2.75) is 13.3 Å².